The van der Waals surface area contributed by atoms with Gasteiger partial charge in [0.1, 0.15) is 0 Å². The number of ketones is 1. The van der Waals surface area contributed by atoms with Gasteiger partial charge in [-0.3, -0.25) is 0 Å². The van der Waals surface area contributed by atoms with Crippen molar-refractivity contribution in [2.45, 2.75) is 6.42 Å². The molecule has 2 unspecified atom stereocenters. The second-order valence-electron chi connectivity index (χ2n) is 3.40. The quantitative estimate of drug-likeness (QED) is 0.497. The molecule has 2 atom stereocenters. The number of nitrogens with zero attached hydrogens (tertiary/aromatic N) is 1. The van der Waals surface area contributed by atoms with Crippen molar-refractivity contribution < 1.29 is 4.79 Å². The summed E-state index contributed by atoms with van der Waals surface area (Å²) in [4.78, 5) is 15.0. The fraction of sp³-hybridized carbons (Fsp3) is 0.273. The monoisotopic (exact) mass is 297 g/mol. The van der Waals surface area contributed by atoms with Gasteiger partial charge in [-0.05, 0) is 34.9 Å². The van der Waals surface area contributed by atoms with Crippen molar-refractivity contribution >= 4 is 28.4 Å². The van der Waals surface area contributed by atoms with Gasteiger partial charge < -0.3 is 4.79 Å². The number of hydrogen-bond acceptors (Lipinski definition) is 1. The number of Topliss-reactive ketones (excluding diaryl/α,β-unsaturated/α-hetero) is 1. The zero-order chi connectivity index (χ0) is 10.1. The molecule has 0 aliphatic heterocycles. The maximum absolute atomic E-state index is 11.8. The van der Waals surface area contributed by atoms with Crippen LogP contribution in [0, 0.1) is 18.4 Å². The molecular formula is C11H8INO. The summed E-state index contributed by atoms with van der Waals surface area (Å²) in [5.41, 5.74) is 0.307. The van der Waals surface area contributed by atoms with Gasteiger partial charge in [-0.15, -0.1) is 0 Å². The Labute approximate surface area is 96.3 Å². The first-order valence-corrected chi connectivity index (χ1v) is 5.47. The van der Waals surface area contributed by atoms with Gasteiger partial charge >= 0.3 is 0 Å². The minimum Gasteiger partial charge on any atom is -0.307 e. The Morgan fingerprint density at radius 2 is 2.36 bits per heavy atom. The van der Waals surface area contributed by atoms with Crippen LogP contribution in [0.1, 0.15) is 6.42 Å². The first-order valence-electron chi connectivity index (χ1n) is 4.39. The molecule has 2 rings (SSSR count). The highest BCUT2D eigenvalue weighted by Crippen LogP contribution is 2.34. The number of carbonyl (C=O) groups is 1. The van der Waals surface area contributed by atoms with Crippen LogP contribution in [0.5, 0.6) is 0 Å². The van der Waals surface area contributed by atoms with Crippen molar-refractivity contribution in [3.05, 3.63) is 45.0 Å². The third kappa shape index (κ3) is 1.55. The standard InChI is InChI=1S/C11H8INO/c1-13-10-5-3-7-2-4-8(12)6-9(7)11(10)14/h2,4-7,9H,3H2. The fourth-order valence-electron chi connectivity index (χ4n) is 1.80. The van der Waals surface area contributed by atoms with Gasteiger partial charge in [0.15, 0.2) is 5.78 Å². The van der Waals surface area contributed by atoms with Crippen LogP contribution in [0.4, 0.5) is 0 Å². The summed E-state index contributed by atoms with van der Waals surface area (Å²) >= 11 is 2.20. The lowest BCUT2D eigenvalue weighted by molar-refractivity contribution is -0.119. The fourth-order valence-corrected chi connectivity index (χ4v) is 2.40. The summed E-state index contributed by atoms with van der Waals surface area (Å²) in [5.74, 6) is 0.155. The van der Waals surface area contributed by atoms with E-state index in [0.717, 1.165) is 10.0 Å². The Hall–Kier alpha value is -0.890. The van der Waals surface area contributed by atoms with E-state index in [1.165, 1.54) is 0 Å². The van der Waals surface area contributed by atoms with Gasteiger partial charge in [0.2, 0.25) is 5.70 Å². The average molecular weight is 297 g/mol. The molecule has 0 radical (unpaired) electrons. The van der Waals surface area contributed by atoms with Crippen LogP contribution >= 0.6 is 22.6 Å². The summed E-state index contributed by atoms with van der Waals surface area (Å²) in [6, 6.07) is 0. The number of fused-ring (bicyclic) bond motifs is 1. The first-order chi connectivity index (χ1) is 6.72. The molecule has 0 aromatic rings. The highest BCUT2D eigenvalue weighted by atomic mass is 127. The van der Waals surface area contributed by atoms with Gasteiger partial charge in [0.25, 0.3) is 0 Å². The van der Waals surface area contributed by atoms with E-state index in [0.29, 0.717) is 5.70 Å². The van der Waals surface area contributed by atoms with E-state index in [-0.39, 0.29) is 17.6 Å². The lowest BCUT2D eigenvalue weighted by Gasteiger charge is -2.26. The van der Waals surface area contributed by atoms with Crippen LogP contribution in [0.3, 0.4) is 0 Å². The molecule has 14 heavy (non-hydrogen) atoms. The molecule has 0 spiro atoms. The molecule has 0 heterocycles. The van der Waals surface area contributed by atoms with E-state index < -0.39 is 0 Å². The highest BCUT2D eigenvalue weighted by Gasteiger charge is 2.32. The van der Waals surface area contributed by atoms with Crippen molar-refractivity contribution in [1.82, 2.24) is 0 Å². The first kappa shape index (κ1) is 9.66. The predicted octanol–water partition coefficient (Wildman–Crippen LogP) is 2.88. The van der Waals surface area contributed by atoms with E-state index in [9.17, 15) is 4.79 Å². The Morgan fingerprint density at radius 1 is 1.57 bits per heavy atom. The smallest absolute Gasteiger partial charge is 0.226 e. The normalized spacial score (nSPS) is 30.1. The molecule has 0 saturated carbocycles. The minimum absolute atomic E-state index is 0.0187. The zero-order valence-corrected chi connectivity index (χ0v) is 9.56. The van der Waals surface area contributed by atoms with Crippen LogP contribution in [-0.4, -0.2) is 5.78 Å². The molecule has 0 saturated heterocycles. The van der Waals surface area contributed by atoms with Gasteiger partial charge in [0.05, 0.1) is 6.57 Å². The summed E-state index contributed by atoms with van der Waals surface area (Å²) < 4.78 is 1.09. The summed E-state index contributed by atoms with van der Waals surface area (Å²) in [5, 5.41) is 0. The molecule has 0 N–H and O–H groups in total. The third-order valence-electron chi connectivity index (χ3n) is 2.56. The van der Waals surface area contributed by atoms with Crippen LogP contribution in [0.15, 0.2) is 33.6 Å². The lowest BCUT2D eigenvalue weighted by Crippen LogP contribution is -2.26. The summed E-state index contributed by atoms with van der Waals surface area (Å²) in [6.45, 7) is 6.88. The largest absolute Gasteiger partial charge is 0.307 e. The molecule has 2 nitrogen and oxygen atoms in total. The molecule has 0 fully saturated rings. The minimum atomic E-state index is -0.0963. The van der Waals surface area contributed by atoms with E-state index in [4.69, 9.17) is 6.57 Å². The second kappa shape index (κ2) is 3.70. The van der Waals surface area contributed by atoms with Gasteiger partial charge in [-0.1, -0.05) is 24.3 Å². The maximum atomic E-state index is 11.8. The SMILES string of the molecule is [C-]#[N+]C1=CCC2C=CC(I)=CC2C1=O. The molecule has 0 aromatic heterocycles. The van der Waals surface area contributed by atoms with Crippen LogP contribution in [-0.2, 0) is 4.79 Å². The van der Waals surface area contributed by atoms with Crippen molar-refractivity contribution in [3.63, 3.8) is 0 Å². The van der Waals surface area contributed by atoms with Crippen molar-refractivity contribution in [1.29, 1.82) is 0 Å². The molecule has 0 aromatic carbocycles. The molecular weight excluding hydrogens is 289 g/mol. The Morgan fingerprint density at radius 3 is 3.07 bits per heavy atom. The van der Waals surface area contributed by atoms with E-state index >= 15 is 0 Å². The molecule has 2 aliphatic rings. The number of hydrogen-bond donors (Lipinski definition) is 0. The average Bonchev–Trinajstić information content (AvgIpc) is 2.20. The van der Waals surface area contributed by atoms with Crippen LogP contribution in [0.25, 0.3) is 4.85 Å². The topological polar surface area (TPSA) is 21.4 Å². The van der Waals surface area contributed by atoms with E-state index in [1.807, 2.05) is 12.2 Å². The van der Waals surface area contributed by atoms with Gasteiger partial charge in [0, 0.05) is 9.50 Å². The predicted molar refractivity (Wildman–Crippen MR) is 62.5 cm³/mol. The van der Waals surface area contributed by atoms with Crippen molar-refractivity contribution in [2.24, 2.45) is 11.8 Å². The third-order valence-corrected chi connectivity index (χ3v) is 3.28. The molecule has 2 aliphatic carbocycles. The summed E-state index contributed by atoms with van der Waals surface area (Å²) in [7, 11) is 0. The van der Waals surface area contributed by atoms with E-state index in [1.54, 1.807) is 6.08 Å². The molecule has 0 bridgehead atoms. The molecule has 0 amide bonds. The summed E-state index contributed by atoms with van der Waals surface area (Å²) in [6.07, 6.45) is 8.64. The number of allylic oxidation sites excluding steroid dienone is 6. The van der Waals surface area contributed by atoms with Crippen LogP contribution < -0.4 is 0 Å². The van der Waals surface area contributed by atoms with Gasteiger partial charge in [-0.25, -0.2) is 4.85 Å². The highest BCUT2D eigenvalue weighted by molar-refractivity contribution is 14.1. The van der Waals surface area contributed by atoms with E-state index in [2.05, 4.69) is 33.5 Å². The molecule has 70 valence electrons. The Kier molecular flexibility index (Phi) is 2.55. The number of rotatable bonds is 0. The Balaban J connectivity index is 2.36. The van der Waals surface area contributed by atoms with Crippen molar-refractivity contribution in [3.8, 4) is 0 Å². The van der Waals surface area contributed by atoms with Crippen molar-refractivity contribution in [2.75, 3.05) is 0 Å². The molecule has 3 heteroatoms. The lowest BCUT2D eigenvalue weighted by atomic mass is 9.78. The van der Waals surface area contributed by atoms with Crippen LogP contribution in [0.2, 0.25) is 0 Å². The second-order valence-corrected chi connectivity index (χ2v) is 4.65. The Bertz CT molecular complexity index is 411. The zero-order valence-electron chi connectivity index (χ0n) is 7.40. The van der Waals surface area contributed by atoms with Gasteiger partial charge in [-0.2, -0.15) is 0 Å². The number of carbonyl (C=O) groups excluding carboxylic acids is 1. The number of halogens is 1. The maximum Gasteiger partial charge on any atom is 0.226 e.